The zero-order valence-electron chi connectivity index (χ0n) is 13.8. The molecule has 0 spiro atoms. The number of rotatable bonds is 5. The molecule has 7 heteroatoms. The zero-order chi connectivity index (χ0) is 18.0. The number of halogens is 2. The number of amides is 1. The first kappa shape index (κ1) is 17.8. The van der Waals surface area contributed by atoms with E-state index in [-0.39, 0.29) is 24.8 Å². The lowest BCUT2D eigenvalue weighted by atomic mass is 9.74. The Bertz CT molecular complexity index is 681. The zero-order valence-corrected chi connectivity index (χ0v) is 13.8. The molecule has 0 aromatic heterocycles. The van der Waals surface area contributed by atoms with Gasteiger partial charge in [0.1, 0.15) is 0 Å². The van der Waals surface area contributed by atoms with Crippen LogP contribution in [-0.2, 0) is 20.7 Å². The van der Waals surface area contributed by atoms with Gasteiger partial charge in [0.2, 0.25) is 5.91 Å². The molecule has 1 aromatic carbocycles. The Morgan fingerprint density at radius 1 is 1.32 bits per heavy atom. The number of carboxylic acids is 1. The van der Waals surface area contributed by atoms with Crippen LogP contribution in [0.4, 0.5) is 8.78 Å². The van der Waals surface area contributed by atoms with Crippen molar-refractivity contribution in [2.75, 3.05) is 26.3 Å². The summed E-state index contributed by atoms with van der Waals surface area (Å²) in [6, 6.07) is 3.72. The number of nitrogens with zero attached hydrogens (tertiary/aromatic N) is 1. The highest BCUT2D eigenvalue weighted by Gasteiger charge is 2.54. The van der Waals surface area contributed by atoms with Gasteiger partial charge in [-0.15, -0.1) is 0 Å². The minimum atomic E-state index is -0.895. The number of hydrogen-bond acceptors (Lipinski definition) is 3. The molecule has 0 aliphatic carbocycles. The van der Waals surface area contributed by atoms with Gasteiger partial charge in [0.15, 0.2) is 11.6 Å². The molecule has 0 saturated carbocycles. The summed E-state index contributed by atoms with van der Waals surface area (Å²) in [7, 11) is 0. The van der Waals surface area contributed by atoms with E-state index in [1.54, 1.807) is 4.90 Å². The Hall–Kier alpha value is -2.02. The number of likely N-dealkylation sites (tertiary alicyclic amines) is 1. The van der Waals surface area contributed by atoms with Crippen molar-refractivity contribution in [1.82, 2.24) is 4.90 Å². The molecule has 5 nitrogen and oxygen atoms in total. The van der Waals surface area contributed by atoms with Crippen molar-refractivity contribution in [3.05, 3.63) is 35.4 Å². The average molecular weight is 353 g/mol. The van der Waals surface area contributed by atoms with E-state index in [2.05, 4.69) is 0 Å². The molecule has 2 aliphatic rings. The van der Waals surface area contributed by atoms with Crippen LogP contribution in [0.15, 0.2) is 18.2 Å². The summed E-state index contributed by atoms with van der Waals surface area (Å²) in [6.07, 6.45) is 1.64. The fourth-order valence-electron chi connectivity index (χ4n) is 3.79. The van der Waals surface area contributed by atoms with Crippen molar-refractivity contribution in [3.8, 4) is 0 Å². The predicted octanol–water partition coefficient (Wildman–Crippen LogP) is 2.24. The molecular weight excluding hydrogens is 332 g/mol. The van der Waals surface area contributed by atoms with Crippen LogP contribution >= 0.6 is 0 Å². The first-order valence-electron chi connectivity index (χ1n) is 8.45. The van der Waals surface area contributed by atoms with Crippen LogP contribution in [0.5, 0.6) is 0 Å². The van der Waals surface area contributed by atoms with Gasteiger partial charge in [-0.05, 0) is 37.0 Å². The molecule has 25 heavy (non-hydrogen) atoms. The largest absolute Gasteiger partial charge is 0.481 e. The van der Waals surface area contributed by atoms with Crippen LogP contribution in [-0.4, -0.2) is 48.2 Å². The lowest BCUT2D eigenvalue weighted by Gasteiger charge is -2.33. The lowest BCUT2D eigenvalue weighted by Crippen LogP contribution is -2.45. The Morgan fingerprint density at radius 2 is 2.12 bits per heavy atom. The van der Waals surface area contributed by atoms with E-state index in [0.29, 0.717) is 44.6 Å². The SMILES string of the molecule is O=C(CCCc1ccc(F)c(F)c1)N1C[C@H]2COCC[C@@]2(C(=O)O)C1. The number of carbonyl (C=O) groups is 2. The Balaban J connectivity index is 1.55. The maximum Gasteiger partial charge on any atom is 0.311 e. The van der Waals surface area contributed by atoms with E-state index in [4.69, 9.17) is 4.74 Å². The van der Waals surface area contributed by atoms with E-state index >= 15 is 0 Å². The van der Waals surface area contributed by atoms with Crippen molar-refractivity contribution in [2.24, 2.45) is 11.3 Å². The molecule has 2 aliphatic heterocycles. The quantitative estimate of drug-likeness (QED) is 0.882. The Kier molecular flexibility index (Phi) is 5.03. The van der Waals surface area contributed by atoms with E-state index in [9.17, 15) is 23.5 Å². The molecule has 0 bridgehead atoms. The van der Waals surface area contributed by atoms with E-state index in [0.717, 1.165) is 12.1 Å². The molecule has 136 valence electrons. The monoisotopic (exact) mass is 353 g/mol. The van der Waals surface area contributed by atoms with Crippen LogP contribution in [0.3, 0.4) is 0 Å². The fraction of sp³-hybridized carbons (Fsp3) is 0.556. The van der Waals surface area contributed by atoms with Crippen molar-refractivity contribution >= 4 is 11.9 Å². The lowest BCUT2D eigenvalue weighted by molar-refractivity contribution is -0.157. The highest BCUT2D eigenvalue weighted by atomic mass is 19.2. The molecule has 0 radical (unpaired) electrons. The Morgan fingerprint density at radius 3 is 2.80 bits per heavy atom. The third-order valence-corrected chi connectivity index (χ3v) is 5.33. The minimum absolute atomic E-state index is 0.0994. The summed E-state index contributed by atoms with van der Waals surface area (Å²) in [6.45, 7) is 1.39. The number of fused-ring (bicyclic) bond motifs is 1. The highest BCUT2D eigenvalue weighted by molar-refractivity contribution is 5.81. The predicted molar refractivity (Wildman–Crippen MR) is 84.9 cm³/mol. The van der Waals surface area contributed by atoms with E-state index < -0.39 is 23.0 Å². The van der Waals surface area contributed by atoms with E-state index in [1.165, 1.54) is 6.07 Å². The Labute approximate surface area is 144 Å². The van der Waals surface area contributed by atoms with Gasteiger partial charge in [-0.3, -0.25) is 9.59 Å². The number of carbonyl (C=O) groups excluding carboxylic acids is 1. The van der Waals surface area contributed by atoms with Crippen LogP contribution < -0.4 is 0 Å². The van der Waals surface area contributed by atoms with Gasteiger partial charge in [0.05, 0.1) is 12.0 Å². The first-order valence-corrected chi connectivity index (χ1v) is 8.45. The van der Waals surface area contributed by atoms with Gasteiger partial charge >= 0.3 is 5.97 Å². The maximum atomic E-state index is 13.2. The highest BCUT2D eigenvalue weighted by Crippen LogP contribution is 2.42. The van der Waals surface area contributed by atoms with Crippen molar-refractivity contribution in [1.29, 1.82) is 0 Å². The van der Waals surface area contributed by atoms with Crippen LogP contribution in [0.2, 0.25) is 0 Å². The summed E-state index contributed by atoms with van der Waals surface area (Å²) in [5.41, 5.74) is -0.259. The van der Waals surface area contributed by atoms with Gasteiger partial charge in [-0.25, -0.2) is 8.78 Å². The standard InChI is InChI=1S/C18H21F2NO4/c19-14-5-4-12(8-15(14)20)2-1-3-16(22)21-9-13-10-25-7-6-18(13,11-21)17(23)24/h4-5,8,13H,1-3,6-7,9-11H2,(H,23,24)/t13-,18+/m0/s1. The molecule has 2 atom stereocenters. The number of aryl methyl sites for hydroxylation is 1. The molecule has 3 rings (SSSR count). The topological polar surface area (TPSA) is 66.8 Å². The molecule has 2 heterocycles. The van der Waals surface area contributed by atoms with Crippen LogP contribution in [0.1, 0.15) is 24.8 Å². The fourth-order valence-corrected chi connectivity index (χ4v) is 3.79. The maximum absolute atomic E-state index is 13.2. The molecule has 1 aromatic rings. The summed E-state index contributed by atoms with van der Waals surface area (Å²) < 4.78 is 31.5. The summed E-state index contributed by atoms with van der Waals surface area (Å²) in [4.78, 5) is 25.8. The van der Waals surface area contributed by atoms with Crippen molar-refractivity contribution in [3.63, 3.8) is 0 Å². The average Bonchev–Trinajstić information content (AvgIpc) is 2.99. The van der Waals surface area contributed by atoms with Crippen molar-refractivity contribution < 1.29 is 28.2 Å². The molecular formula is C18H21F2NO4. The second-order valence-corrected chi connectivity index (χ2v) is 6.86. The summed E-state index contributed by atoms with van der Waals surface area (Å²) >= 11 is 0. The van der Waals surface area contributed by atoms with Crippen LogP contribution in [0, 0.1) is 23.0 Å². The van der Waals surface area contributed by atoms with Gasteiger partial charge in [0.25, 0.3) is 0 Å². The number of aliphatic carboxylic acids is 1. The second-order valence-electron chi connectivity index (χ2n) is 6.86. The molecule has 0 unspecified atom stereocenters. The van der Waals surface area contributed by atoms with Gasteiger partial charge in [0, 0.05) is 32.0 Å². The molecule has 2 fully saturated rings. The van der Waals surface area contributed by atoms with E-state index in [1.807, 2.05) is 0 Å². The van der Waals surface area contributed by atoms with Crippen molar-refractivity contribution in [2.45, 2.75) is 25.7 Å². The molecule has 1 N–H and O–H groups in total. The second kappa shape index (κ2) is 7.07. The third-order valence-electron chi connectivity index (χ3n) is 5.33. The summed E-state index contributed by atoms with van der Waals surface area (Å²) in [5.74, 6) is -2.92. The molecule has 2 saturated heterocycles. The number of ether oxygens (including phenoxy) is 1. The normalized spacial score (nSPS) is 25.7. The summed E-state index contributed by atoms with van der Waals surface area (Å²) in [5, 5.41) is 9.61. The number of carboxylic acid groups (broad SMARTS) is 1. The molecule has 1 amide bonds. The number of benzene rings is 1. The van der Waals surface area contributed by atoms with Gasteiger partial charge in [-0.2, -0.15) is 0 Å². The van der Waals surface area contributed by atoms with Crippen LogP contribution in [0.25, 0.3) is 0 Å². The third kappa shape index (κ3) is 3.51. The first-order chi connectivity index (χ1) is 11.9. The smallest absolute Gasteiger partial charge is 0.311 e. The minimum Gasteiger partial charge on any atom is -0.481 e. The van der Waals surface area contributed by atoms with Gasteiger partial charge < -0.3 is 14.7 Å². The van der Waals surface area contributed by atoms with Gasteiger partial charge in [-0.1, -0.05) is 6.07 Å². The number of hydrogen-bond donors (Lipinski definition) is 1.